The van der Waals surface area contributed by atoms with E-state index in [0.29, 0.717) is 29.2 Å². The van der Waals surface area contributed by atoms with Crippen LogP contribution in [0, 0.1) is 5.82 Å². The molecule has 3 nitrogen and oxygen atoms in total. The Morgan fingerprint density at radius 3 is 2.65 bits per heavy atom. The molecule has 0 bridgehead atoms. The zero-order valence-corrected chi connectivity index (χ0v) is 11.4. The summed E-state index contributed by atoms with van der Waals surface area (Å²) in [5, 5.41) is 12.7. The van der Waals surface area contributed by atoms with E-state index < -0.39 is 0 Å². The monoisotopic (exact) mass is 275 g/mol. The van der Waals surface area contributed by atoms with Gasteiger partial charge in [-0.05, 0) is 37.3 Å². The highest BCUT2D eigenvalue weighted by molar-refractivity contribution is 6.07. The lowest BCUT2D eigenvalue weighted by Crippen LogP contribution is -2.32. The summed E-state index contributed by atoms with van der Waals surface area (Å²) in [4.78, 5) is 12.2. The van der Waals surface area contributed by atoms with E-state index in [1.807, 2.05) is 6.92 Å². The molecule has 4 heteroatoms. The predicted octanol–water partition coefficient (Wildman–Crippen LogP) is 2.87. The maximum absolute atomic E-state index is 13.7. The molecule has 0 aliphatic rings. The normalized spacial score (nSPS) is 12.3. The lowest BCUT2D eigenvalue weighted by atomic mass is 10.0. The fraction of sp³-hybridized carbons (Fsp3) is 0.312. The number of hydrogen-bond acceptors (Lipinski definition) is 2. The molecule has 0 spiro atoms. The van der Waals surface area contributed by atoms with Gasteiger partial charge in [-0.25, -0.2) is 4.39 Å². The second-order valence-electron chi connectivity index (χ2n) is 4.88. The quantitative estimate of drug-likeness (QED) is 0.881. The van der Waals surface area contributed by atoms with E-state index in [4.69, 9.17) is 5.11 Å². The molecule has 2 N–H and O–H groups in total. The molecule has 2 rings (SSSR count). The van der Waals surface area contributed by atoms with E-state index in [0.717, 1.165) is 0 Å². The molecule has 1 amide bonds. The first-order chi connectivity index (χ1) is 9.63. The van der Waals surface area contributed by atoms with Crippen molar-refractivity contribution >= 4 is 16.7 Å². The second kappa shape index (κ2) is 6.48. The molecule has 20 heavy (non-hydrogen) atoms. The maximum Gasteiger partial charge on any atom is 0.252 e. The topological polar surface area (TPSA) is 49.3 Å². The summed E-state index contributed by atoms with van der Waals surface area (Å²) in [5.74, 6) is -0.544. The summed E-state index contributed by atoms with van der Waals surface area (Å²) in [7, 11) is 0. The van der Waals surface area contributed by atoms with Gasteiger partial charge in [0.25, 0.3) is 5.91 Å². The van der Waals surface area contributed by atoms with Crippen molar-refractivity contribution in [3.63, 3.8) is 0 Å². The minimum Gasteiger partial charge on any atom is -0.396 e. The molecule has 1 unspecified atom stereocenters. The molecule has 0 saturated carbocycles. The van der Waals surface area contributed by atoms with Crippen molar-refractivity contribution in [3.05, 3.63) is 47.8 Å². The van der Waals surface area contributed by atoms with E-state index in [-0.39, 0.29) is 24.4 Å². The van der Waals surface area contributed by atoms with Gasteiger partial charge in [0, 0.05) is 23.6 Å². The van der Waals surface area contributed by atoms with Crippen LogP contribution in [0.15, 0.2) is 36.4 Å². The third-order valence-electron chi connectivity index (χ3n) is 3.29. The van der Waals surface area contributed by atoms with Gasteiger partial charge in [0.15, 0.2) is 0 Å². The third-order valence-corrected chi connectivity index (χ3v) is 3.29. The highest BCUT2D eigenvalue weighted by Crippen LogP contribution is 2.21. The van der Waals surface area contributed by atoms with E-state index in [1.54, 1.807) is 24.3 Å². The smallest absolute Gasteiger partial charge is 0.252 e. The van der Waals surface area contributed by atoms with Crippen LogP contribution in [0.3, 0.4) is 0 Å². The van der Waals surface area contributed by atoms with Gasteiger partial charge in [-0.2, -0.15) is 0 Å². The SMILES string of the molecule is CC(CCCO)NC(=O)c1ccc(F)c2ccccc12. The van der Waals surface area contributed by atoms with Crippen LogP contribution >= 0.6 is 0 Å². The van der Waals surface area contributed by atoms with Crippen molar-refractivity contribution in [1.29, 1.82) is 0 Å². The third kappa shape index (κ3) is 3.14. The lowest BCUT2D eigenvalue weighted by Gasteiger charge is -2.14. The molecule has 1 atom stereocenters. The highest BCUT2D eigenvalue weighted by atomic mass is 19.1. The predicted molar refractivity (Wildman–Crippen MR) is 77.2 cm³/mol. The Morgan fingerprint density at radius 1 is 1.25 bits per heavy atom. The minimum absolute atomic E-state index is 0.0292. The maximum atomic E-state index is 13.7. The molecular weight excluding hydrogens is 257 g/mol. The van der Waals surface area contributed by atoms with Crippen LogP contribution in [-0.2, 0) is 0 Å². The number of carbonyl (C=O) groups excluding carboxylic acids is 1. The van der Waals surface area contributed by atoms with Crippen molar-refractivity contribution < 1.29 is 14.3 Å². The first-order valence-corrected chi connectivity index (χ1v) is 6.72. The van der Waals surface area contributed by atoms with Crippen molar-refractivity contribution in [2.45, 2.75) is 25.8 Å². The zero-order valence-electron chi connectivity index (χ0n) is 11.4. The second-order valence-corrected chi connectivity index (χ2v) is 4.88. The highest BCUT2D eigenvalue weighted by Gasteiger charge is 2.14. The number of amides is 1. The van der Waals surface area contributed by atoms with Gasteiger partial charge in [-0.15, -0.1) is 0 Å². The van der Waals surface area contributed by atoms with Gasteiger partial charge in [-0.1, -0.05) is 24.3 Å². The number of benzene rings is 2. The van der Waals surface area contributed by atoms with Crippen molar-refractivity contribution in [2.75, 3.05) is 6.61 Å². The van der Waals surface area contributed by atoms with E-state index in [9.17, 15) is 9.18 Å². The van der Waals surface area contributed by atoms with Crippen molar-refractivity contribution in [2.24, 2.45) is 0 Å². The average molecular weight is 275 g/mol. The summed E-state index contributed by atoms with van der Waals surface area (Å²) in [6.45, 7) is 2.00. The zero-order chi connectivity index (χ0) is 14.5. The van der Waals surface area contributed by atoms with Gasteiger partial charge >= 0.3 is 0 Å². The summed E-state index contributed by atoms with van der Waals surface area (Å²) in [6, 6.07) is 9.73. The lowest BCUT2D eigenvalue weighted by molar-refractivity contribution is 0.0938. The first-order valence-electron chi connectivity index (χ1n) is 6.72. The molecule has 0 heterocycles. The molecule has 0 aliphatic heterocycles. The van der Waals surface area contributed by atoms with Gasteiger partial charge in [0.2, 0.25) is 0 Å². The summed E-state index contributed by atoms with van der Waals surface area (Å²) in [6.07, 6.45) is 1.35. The minimum atomic E-state index is -0.328. The summed E-state index contributed by atoms with van der Waals surface area (Å²) >= 11 is 0. The number of carbonyl (C=O) groups is 1. The molecule has 0 saturated heterocycles. The van der Waals surface area contributed by atoms with Crippen LogP contribution in [0.5, 0.6) is 0 Å². The molecule has 2 aromatic carbocycles. The number of halogens is 1. The Morgan fingerprint density at radius 2 is 1.95 bits per heavy atom. The number of nitrogens with one attached hydrogen (secondary N) is 1. The summed E-state index contributed by atoms with van der Waals surface area (Å²) in [5.41, 5.74) is 0.470. The number of aliphatic hydroxyl groups excluding tert-OH is 1. The standard InChI is InChI=1S/C16H18FNO2/c1-11(5-4-10-19)18-16(20)14-8-9-15(17)13-7-3-2-6-12(13)14/h2-3,6-9,11,19H,4-5,10H2,1H3,(H,18,20). The van der Waals surface area contributed by atoms with Crippen LogP contribution in [0.4, 0.5) is 4.39 Å². The first kappa shape index (κ1) is 14.5. The van der Waals surface area contributed by atoms with Gasteiger partial charge in [0.05, 0.1) is 0 Å². The molecule has 0 aliphatic carbocycles. The van der Waals surface area contributed by atoms with E-state index >= 15 is 0 Å². The Balaban J connectivity index is 2.24. The number of rotatable bonds is 5. The fourth-order valence-corrected chi connectivity index (χ4v) is 2.23. The van der Waals surface area contributed by atoms with Crippen LogP contribution < -0.4 is 5.32 Å². The average Bonchev–Trinajstić information content (AvgIpc) is 2.45. The Kier molecular flexibility index (Phi) is 4.69. The van der Waals surface area contributed by atoms with Crippen molar-refractivity contribution in [3.8, 4) is 0 Å². The molecule has 0 fully saturated rings. The van der Waals surface area contributed by atoms with Gasteiger partial charge < -0.3 is 10.4 Å². The van der Waals surface area contributed by atoms with E-state index in [1.165, 1.54) is 12.1 Å². The van der Waals surface area contributed by atoms with Gasteiger partial charge in [0.1, 0.15) is 5.82 Å². The molecule has 0 aromatic heterocycles. The Hall–Kier alpha value is -1.94. The molecule has 106 valence electrons. The summed E-state index contributed by atoms with van der Waals surface area (Å²) < 4.78 is 13.7. The van der Waals surface area contributed by atoms with Gasteiger partial charge in [-0.3, -0.25) is 4.79 Å². The van der Waals surface area contributed by atoms with Crippen LogP contribution in [0.1, 0.15) is 30.1 Å². The fourth-order valence-electron chi connectivity index (χ4n) is 2.23. The Bertz CT molecular complexity index is 612. The molecule has 0 radical (unpaired) electrons. The largest absolute Gasteiger partial charge is 0.396 e. The molecular formula is C16H18FNO2. The van der Waals surface area contributed by atoms with Crippen LogP contribution in [0.2, 0.25) is 0 Å². The van der Waals surface area contributed by atoms with Crippen LogP contribution in [-0.4, -0.2) is 23.7 Å². The molecule has 2 aromatic rings. The van der Waals surface area contributed by atoms with Crippen LogP contribution in [0.25, 0.3) is 10.8 Å². The van der Waals surface area contributed by atoms with Crippen molar-refractivity contribution in [1.82, 2.24) is 5.32 Å². The number of aliphatic hydroxyl groups is 1. The van der Waals surface area contributed by atoms with E-state index in [2.05, 4.69) is 5.32 Å². The number of hydrogen-bond donors (Lipinski definition) is 2. The Labute approximate surface area is 117 Å². The number of fused-ring (bicyclic) bond motifs is 1.